The monoisotopic (exact) mass is 181 g/mol. The van der Waals surface area contributed by atoms with Crippen LogP contribution in [0.2, 0.25) is 0 Å². The second-order valence-electron chi connectivity index (χ2n) is 2.49. The highest BCUT2D eigenvalue weighted by Crippen LogP contribution is 2.14. The first-order valence-corrected chi connectivity index (χ1v) is 3.81. The molecule has 0 aliphatic carbocycles. The van der Waals surface area contributed by atoms with Crippen molar-refractivity contribution in [3.05, 3.63) is 35.0 Å². The first kappa shape index (κ1) is 9.54. The minimum atomic E-state index is -0.395. The maximum atomic E-state index is 10.7. The molecule has 0 saturated carbocycles. The molecule has 0 radical (unpaired) electrons. The van der Waals surface area contributed by atoms with Gasteiger partial charge in [-0.1, -0.05) is 12.1 Å². The van der Waals surface area contributed by atoms with Gasteiger partial charge in [0.15, 0.2) is 13.0 Å². The van der Waals surface area contributed by atoms with Gasteiger partial charge >= 0.3 is 0 Å². The first-order valence-electron chi connectivity index (χ1n) is 3.81. The molecule has 0 bridgehead atoms. The SMILES string of the molecule is C[N+]([O-])=Cc1ccccc1OCO. The lowest BCUT2D eigenvalue weighted by Gasteiger charge is -2.04. The third kappa shape index (κ3) is 2.76. The Morgan fingerprint density at radius 3 is 2.85 bits per heavy atom. The molecule has 0 atom stereocenters. The maximum Gasteiger partial charge on any atom is 0.186 e. The molecule has 70 valence electrons. The van der Waals surface area contributed by atoms with E-state index in [0.717, 1.165) is 0 Å². The molecule has 0 aliphatic heterocycles. The highest BCUT2D eigenvalue weighted by molar-refractivity contribution is 5.79. The number of aliphatic hydroxyl groups excluding tert-OH is 1. The summed E-state index contributed by atoms with van der Waals surface area (Å²) in [4.78, 5) is 0. The Kier molecular flexibility index (Phi) is 3.28. The van der Waals surface area contributed by atoms with Crippen LogP contribution in [0.4, 0.5) is 0 Å². The summed E-state index contributed by atoms with van der Waals surface area (Å²) in [7, 11) is 1.38. The number of ether oxygens (including phenoxy) is 1. The number of rotatable bonds is 3. The van der Waals surface area contributed by atoms with E-state index < -0.39 is 6.79 Å². The van der Waals surface area contributed by atoms with Crippen LogP contribution in [0.25, 0.3) is 0 Å². The second-order valence-corrected chi connectivity index (χ2v) is 2.49. The zero-order chi connectivity index (χ0) is 9.68. The number of aliphatic hydroxyl groups is 1. The Bertz CT molecular complexity index is 305. The molecule has 13 heavy (non-hydrogen) atoms. The Labute approximate surface area is 76.3 Å². The van der Waals surface area contributed by atoms with Crippen LogP contribution in [0, 0.1) is 5.21 Å². The predicted octanol–water partition coefficient (Wildman–Crippen LogP) is 0.574. The van der Waals surface area contributed by atoms with Gasteiger partial charge in [0.1, 0.15) is 12.8 Å². The highest BCUT2D eigenvalue weighted by atomic mass is 16.6. The molecule has 4 heteroatoms. The van der Waals surface area contributed by atoms with Crippen molar-refractivity contribution in [1.29, 1.82) is 0 Å². The molecule has 0 unspecified atom stereocenters. The van der Waals surface area contributed by atoms with Gasteiger partial charge in [-0.15, -0.1) is 0 Å². The number of hydroxylamine groups is 1. The topological polar surface area (TPSA) is 55.5 Å². The van der Waals surface area contributed by atoms with Gasteiger partial charge in [0.2, 0.25) is 0 Å². The molecule has 1 rings (SSSR count). The molecule has 0 spiro atoms. The van der Waals surface area contributed by atoms with Crippen molar-refractivity contribution in [3.63, 3.8) is 0 Å². The fraction of sp³-hybridized carbons (Fsp3) is 0.222. The van der Waals surface area contributed by atoms with Crippen LogP contribution < -0.4 is 4.74 Å². The van der Waals surface area contributed by atoms with Crippen molar-refractivity contribution >= 4 is 6.21 Å². The van der Waals surface area contributed by atoms with Crippen LogP contribution in [-0.2, 0) is 0 Å². The van der Waals surface area contributed by atoms with E-state index in [1.165, 1.54) is 13.3 Å². The molecule has 0 heterocycles. The van der Waals surface area contributed by atoms with Gasteiger partial charge in [0, 0.05) is 0 Å². The van der Waals surface area contributed by atoms with Crippen LogP contribution >= 0.6 is 0 Å². The van der Waals surface area contributed by atoms with Gasteiger partial charge in [-0.2, -0.15) is 0 Å². The van der Waals surface area contributed by atoms with Crippen molar-refractivity contribution in [2.75, 3.05) is 13.8 Å². The van der Waals surface area contributed by atoms with Crippen molar-refractivity contribution in [3.8, 4) is 5.75 Å². The van der Waals surface area contributed by atoms with Crippen LogP contribution in [0.1, 0.15) is 5.56 Å². The van der Waals surface area contributed by atoms with Gasteiger partial charge in [0.25, 0.3) is 0 Å². The van der Waals surface area contributed by atoms with E-state index >= 15 is 0 Å². The fourth-order valence-corrected chi connectivity index (χ4v) is 0.984. The number of hydrogen-bond donors (Lipinski definition) is 1. The normalized spacial score (nSPS) is 11.4. The molecule has 4 nitrogen and oxygen atoms in total. The van der Waals surface area contributed by atoms with Gasteiger partial charge < -0.3 is 15.1 Å². The van der Waals surface area contributed by atoms with Gasteiger partial charge in [-0.25, -0.2) is 4.74 Å². The summed E-state index contributed by atoms with van der Waals surface area (Å²) in [5, 5.41) is 19.3. The summed E-state index contributed by atoms with van der Waals surface area (Å²) < 4.78 is 5.58. The minimum Gasteiger partial charge on any atom is -0.624 e. The Morgan fingerprint density at radius 2 is 2.23 bits per heavy atom. The van der Waals surface area contributed by atoms with Gasteiger partial charge in [-0.3, -0.25) is 0 Å². The summed E-state index contributed by atoms with van der Waals surface area (Å²) in [6, 6.07) is 6.98. The highest BCUT2D eigenvalue weighted by Gasteiger charge is 2.01. The molecule has 0 amide bonds. The van der Waals surface area contributed by atoms with Crippen LogP contribution in [0.5, 0.6) is 5.75 Å². The van der Waals surface area contributed by atoms with Crippen LogP contribution in [-0.4, -0.2) is 29.9 Å². The number of benzene rings is 1. The molecule has 1 N–H and O–H groups in total. The molecule has 0 fully saturated rings. The van der Waals surface area contributed by atoms with Crippen LogP contribution in [0.3, 0.4) is 0 Å². The van der Waals surface area contributed by atoms with E-state index in [4.69, 9.17) is 9.84 Å². The predicted molar refractivity (Wildman–Crippen MR) is 48.9 cm³/mol. The quantitative estimate of drug-likeness (QED) is 0.244. The summed E-state index contributed by atoms with van der Waals surface area (Å²) in [5.41, 5.74) is 0.647. The Morgan fingerprint density at radius 1 is 1.54 bits per heavy atom. The smallest absolute Gasteiger partial charge is 0.186 e. The van der Waals surface area contributed by atoms with Gasteiger partial charge in [0.05, 0.1) is 5.56 Å². The Balaban J connectivity index is 2.97. The summed E-state index contributed by atoms with van der Waals surface area (Å²) in [6.07, 6.45) is 1.38. The lowest BCUT2D eigenvalue weighted by atomic mass is 10.2. The fourth-order valence-electron chi connectivity index (χ4n) is 0.984. The van der Waals surface area contributed by atoms with E-state index in [-0.39, 0.29) is 0 Å². The molecular formula is C9H11NO3. The maximum absolute atomic E-state index is 10.7. The number of para-hydroxylation sites is 1. The summed E-state index contributed by atoms with van der Waals surface area (Å²) in [6.45, 7) is -0.395. The lowest BCUT2D eigenvalue weighted by Crippen LogP contribution is -2.02. The average molecular weight is 181 g/mol. The molecule has 0 aliphatic rings. The average Bonchev–Trinajstić information content (AvgIpc) is 2.08. The third-order valence-electron chi connectivity index (χ3n) is 1.46. The third-order valence-corrected chi connectivity index (χ3v) is 1.46. The van der Waals surface area contributed by atoms with E-state index in [1.54, 1.807) is 24.3 Å². The van der Waals surface area contributed by atoms with E-state index in [1.807, 2.05) is 0 Å². The van der Waals surface area contributed by atoms with Crippen molar-refractivity contribution < 1.29 is 14.6 Å². The second kappa shape index (κ2) is 4.47. The number of nitrogens with zero attached hydrogens (tertiary/aromatic N) is 1. The zero-order valence-corrected chi connectivity index (χ0v) is 7.30. The first-order chi connectivity index (χ1) is 6.24. The minimum absolute atomic E-state index is 0.395. The van der Waals surface area contributed by atoms with E-state index in [2.05, 4.69) is 0 Å². The Hall–Kier alpha value is -1.55. The lowest BCUT2D eigenvalue weighted by molar-refractivity contribution is -0.416. The van der Waals surface area contributed by atoms with Crippen molar-refractivity contribution in [2.45, 2.75) is 0 Å². The van der Waals surface area contributed by atoms with E-state index in [0.29, 0.717) is 16.1 Å². The van der Waals surface area contributed by atoms with Crippen molar-refractivity contribution in [2.24, 2.45) is 0 Å². The van der Waals surface area contributed by atoms with Crippen molar-refractivity contribution in [1.82, 2.24) is 0 Å². The molecule has 0 saturated heterocycles. The molecule has 1 aromatic carbocycles. The molecule has 0 aromatic heterocycles. The van der Waals surface area contributed by atoms with Gasteiger partial charge in [-0.05, 0) is 12.1 Å². The molecule has 1 aromatic rings. The van der Waals surface area contributed by atoms with Crippen LogP contribution in [0.15, 0.2) is 24.3 Å². The molecular weight excluding hydrogens is 170 g/mol. The largest absolute Gasteiger partial charge is 0.624 e. The summed E-state index contributed by atoms with van der Waals surface area (Å²) in [5.74, 6) is 0.493. The zero-order valence-electron chi connectivity index (χ0n) is 7.30. The summed E-state index contributed by atoms with van der Waals surface area (Å²) >= 11 is 0. The standard InChI is InChI=1S/C9H11NO3/c1-10(12)6-8-4-2-3-5-9(8)13-7-11/h2-6,11H,7H2,1H3. The number of hydrogen-bond acceptors (Lipinski definition) is 3. The van der Waals surface area contributed by atoms with E-state index in [9.17, 15) is 5.21 Å².